The summed E-state index contributed by atoms with van der Waals surface area (Å²) in [7, 11) is 0.904. The van der Waals surface area contributed by atoms with Crippen molar-refractivity contribution in [1.29, 1.82) is 0 Å². The molecule has 0 unspecified atom stereocenters. The predicted octanol–water partition coefficient (Wildman–Crippen LogP) is 4.83. The molecule has 0 aliphatic heterocycles. The Morgan fingerprint density at radius 2 is 1.61 bits per heavy atom. The molecule has 3 aromatic rings. The first kappa shape index (κ1) is 25.3. The summed E-state index contributed by atoms with van der Waals surface area (Å²) in [6, 6.07) is 10.4. The van der Waals surface area contributed by atoms with Crippen LogP contribution < -0.4 is 20.1 Å². The molecular formula is C20H21Cl3N6O3S. The fourth-order valence-corrected chi connectivity index (χ4v) is 4.00. The molecule has 0 radical (unpaired) electrons. The second-order valence-electron chi connectivity index (χ2n) is 6.92. The van der Waals surface area contributed by atoms with Crippen LogP contribution >= 0.6 is 34.8 Å². The normalized spacial score (nSPS) is 11.5. The van der Waals surface area contributed by atoms with E-state index in [-0.39, 0.29) is 12.5 Å². The lowest BCUT2D eigenvalue weighted by Crippen LogP contribution is -2.35. The van der Waals surface area contributed by atoms with Gasteiger partial charge in [0.25, 0.3) is 10.2 Å². The minimum atomic E-state index is -3.50. The highest BCUT2D eigenvalue weighted by Gasteiger charge is 2.13. The minimum Gasteiger partial charge on any atom is -0.494 e. The third-order valence-corrected chi connectivity index (χ3v) is 6.67. The number of nitrogens with one attached hydrogen (secondary N) is 3. The number of nitrogens with zero attached hydrogens (tertiary/aromatic N) is 3. The SMILES string of the molecule is COc1c(Cl)cc(Nc2ncc(Cl)c(Nc3ccc(CNS(=O)(=O)N(C)C)cc3)n2)cc1Cl. The Labute approximate surface area is 207 Å². The zero-order valence-corrected chi connectivity index (χ0v) is 20.9. The van der Waals surface area contributed by atoms with Gasteiger partial charge in [-0.15, -0.1) is 0 Å². The molecule has 0 saturated heterocycles. The van der Waals surface area contributed by atoms with Gasteiger partial charge in [0.05, 0.1) is 23.4 Å². The first-order valence-electron chi connectivity index (χ1n) is 9.44. The molecule has 0 fully saturated rings. The Bertz CT molecular complexity index is 1220. The zero-order valence-electron chi connectivity index (χ0n) is 17.9. The minimum absolute atomic E-state index is 0.163. The number of hydrogen-bond donors (Lipinski definition) is 3. The van der Waals surface area contributed by atoms with Crippen molar-refractivity contribution in [3.8, 4) is 5.75 Å². The average Bonchev–Trinajstić information content (AvgIpc) is 2.75. The van der Waals surface area contributed by atoms with Crippen molar-refractivity contribution in [2.45, 2.75) is 6.54 Å². The van der Waals surface area contributed by atoms with Gasteiger partial charge in [-0.05, 0) is 29.8 Å². The highest BCUT2D eigenvalue weighted by molar-refractivity contribution is 7.87. The largest absolute Gasteiger partial charge is 0.494 e. The Hall–Kier alpha value is -2.34. The molecule has 2 aromatic carbocycles. The Kier molecular flexibility index (Phi) is 8.22. The van der Waals surface area contributed by atoms with Crippen LogP contribution in [0.3, 0.4) is 0 Å². The van der Waals surface area contributed by atoms with Crippen LogP contribution in [0.2, 0.25) is 15.1 Å². The van der Waals surface area contributed by atoms with Gasteiger partial charge in [-0.2, -0.15) is 22.4 Å². The number of hydrogen-bond acceptors (Lipinski definition) is 7. The first-order chi connectivity index (χ1) is 15.6. The van der Waals surface area contributed by atoms with Gasteiger partial charge in [0.1, 0.15) is 5.02 Å². The van der Waals surface area contributed by atoms with E-state index in [2.05, 4.69) is 25.3 Å². The quantitative estimate of drug-likeness (QED) is 0.363. The van der Waals surface area contributed by atoms with Crippen LogP contribution in [-0.4, -0.2) is 43.9 Å². The standard InChI is InChI=1S/C20H21Cl3N6O3S/c1-29(2)33(30,31)25-10-12-4-6-13(7-5-12)26-19-17(23)11-24-20(28-19)27-14-8-15(21)18(32-3)16(22)9-14/h4-9,11,25H,10H2,1-3H3,(H2,24,26,27,28). The van der Waals surface area contributed by atoms with Crippen molar-refractivity contribution in [1.82, 2.24) is 19.0 Å². The molecule has 0 spiro atoms. The average molecular weight is 532 g/mol. The molecule has 0 bridgehead atoms. The smallest absolute Gasteiger partial charge is 0.279 e. The summed E-state index contributed by atoms with van der Waals surface area (Å²) in [6.07, 6.45) is 1.45. The number of aromatic nitrogens is 2. The van der Waals surface area contributed by atoms with Gasteiger partial charge in [-0.1, -0.05) is 46.9 Å². The summed E-state index contributed by atoms with van der Waals surface area (Å²) in [5, 5.41) is 7.14. The maximum Gasteiger partial charge on any atom is 0.279 e. The van der Waals surface area contributed by atoms with Gasteiger partial charge >= 0.3 is 0 Å². The Morgan fingerprint density at radius 3 is 2.18 bits per heavy atom. The van der Waals surface area contributed by atoms with Crippen molar-refractivity contribution in [3.05, 3.63) is 63.2 Å². The van der Waals surface area contributed by atoms with E-state index in [9.17, 15) is 8.42 Å². The lowest BCUT2D eigenvalue weighted by Gasteiger charge is -2.13. The second-order valence-corrected chi connectivity index (χ2v) is 10.1. The lowest BCUT2D eigenvalue weighted by molar-refractivity contribution is 0.415. The molecule has 176 valence electrons. The summed E-state index contributed by atoms with van der Waals surface area (Å²) in [4.78, 5) is 8.57. The summed E-state index contributed by atoms with van der Waals surface area (Å²) < 4.78 is 32.4. The lowest BCUT2D eigenvalue weighted by atomic mass is 10.2. The predicted molar refractivity (Wildman–Crippen MR) is 133 cm³/mol. The van der Waals surface area contributed by atoms with Crippen molar-refractivity contribution < 1.29 is 13.2 Å². The molecule has 1 aromatic heterocycles. The molecule has 1 heterocycles. The number of ether oxygens (including phenoxy) is 1. The van der Waals surface area contributed by atoms with Crippen molar-refractivity contribution in [2.75, 3.05) is 31.8 Å². The molecule has 33 heavy (non-hydrogen) atoms. The van der Waals surface area contributed by atoms with Crippen LogP contribution in [0.15, 0.2) is 42.6 Å². The van der Waals surface area contributed by atoms with Crippen LogP contribution in [0.25, 0.3) is 0 Å². The third kappa shape index (κ3) is 6.59. The maximum absolute atomic E-state index is 11.8. The number of rotatable bonds is 9. The van der Waals surface area contributed by atoms with Crippen LogP contribution in [0, 0.1) is 0 Å². The van der Waals surface area contributed by atoms with E-state index in [1.165, 1.54) is 27.4 Å². The highest BCUT2D eigenvalue weighted by Crippen LogP contribution is 2.36. The van der Waals surface area contributed by atoms with Crippen LogP contribution in [-0.2, 0) is 16.8 Å². The van der Waals surface area contributed by atoms with Crippen molar-refractivity contribution >= 4 is 68.2 Å². The van der Waals surface area contributed by atoms with Crippen LogP contribution in [0.4, 0.5) is 23.1 Å². The summed E-state index contributed by atoms with van der Waals surface area (Å²) in [6.45, 7) is 0.163. The monoisotopic (exact) mass is 530 g/mol. The van der Waals surface area contributed by atoms with E-state index in [1.807, 2.05) is 0 Å². The Balaban J connectivity index is 1.71. The highest BCUT2D eigenvalue weighted by atomic mass is 35.5. The fourth-order valence-electron chi connectivity index (χ4n) is 2.62. The molecule has 0 amide bonds. The molecule has 3 N–H and O–H groups in total. The summed E-state index contributed by atoms with van der Waals surface area (Å²) in [5.74, 6) is 1.02. The van der Waals surface area contributed by atoms with Gasteiger partial charge in [0.2, 0.25) is 5.95 Å². The Morgan fingerprint density at radius 1 is 0.970 bits per heavy atom. The summed E-state index contributed by atoms with van der Waals surface area (Å²) >= 11 is 18.6. The van der Waals surface area contributed by atoms with Crippen LogP contribution in [0.5, 0.6) is 5.75 Å². The second kappa shape index (κ2) is 10.7. The van der Waals surface area contributed by atoms with E-state index in [1.54, 1.807) is 36.4 Å². The van der Waals surface area contributed by atoms with E-state index < -0.39 is 10.2 Å². The van der Waals surface area contributed by atoms with Gasteiger partial charge in [-0.25, -0.2) is 4.98 Å². The van der Waals surface area contributed by atoms with E-state index in [0.29, 0.717) is 38.0 Å². The van der Waals surface area contributed by atoms with E-state index in [0.717, 1.165) is 9.87 Å². The van der Waals surface area contributed by atoms with E-state index >= 15 is 0 Å². The van der Waals surface area contributed by atoms with Crippen molar-refractivity contribution in [2.24, 2.45) is 0 Å². The fraction of sp³-hybridized carbons (Fsp3) is 0.200. The molecule has 3 rings (SSSR count). The molecule has 0 aliphatic rings. The van der Waals surface area contributed by atoms with Gasteiger partial charge < -0.3 is 15.4 Å². The number of halogens is 3. The number of anilines is 4. The summed E-state index contributed by atoms with van der Waals surface area (Å²) in [5.41, 5.74) is 2.07. The number of benzene rings is 2. The number of methoxy groups -OCH3 is 1. The van der Waals surface area contributed by atoms with Crippen molar-refractivity contribution in [3.63, 3.8) is 0 Å². The maximum atomic E-state index is 11.8. The van der Waals surface area contributed by atoms with Crippen LogP contribution in [0.1, 0.15) is 5.56 Å². The first-order valence-corrected chi connectivity index (χ1v) is 12.0. The van der Waals surface area contributed by atoms with Gasteiger partial charge in [0.15, 0.2) is 11.6 Å². The molecule has 9 nitrogen and oxygen atoms in total. The topological polar surface area (TPSA) is 108 Å². The zero-order chi connectivity index (χ0) is 24.2. The third-order valence-electron chi connectivity index (χ3n) is 4.36. The molecule has 0 atom stereocenters. The molecule has 0 aliphatic carbocycles. The molecule has 0 saturated carbocycles. The van der Waals surface area contributed by atoms with Gasteiger partial charge in [-0.3, -0.25) is 0 Å². The molecule has 13 heteroatoms. The van der Waals surface area contributed by atoms with E-state index in [4.69, 9.17) is 39.5 Å². The van der Waals surface area contributed by atoms with Gasteiger partial charge in [0, 0.05) is 32.0 Å². The molecular weight excluding hydrogens is 511 g/mol.